The van der Waals surface area contributed by atoms with Crippen molar-refractivity contribution in [2.45, 2.75) is 34.2 Å². The van der Waals surface area contributed by atoms with Gasteiger partial charge in [-0.3, -0.25) is 4.79 Å². The minimum atomic E-state index is -0.398. The molecule has 0 saturated heterocycles. The van der Waals surface area contributed by atoms with Crippen LogP contribution in [0.15, 0.2) is 28.8 Å². The first kappa shape index (κ1) is 22.0. The number of carbonyl (C=O) groups is 1. The van der Waals surface area contributed by atoms with Crippen molar-refractivity contribution < 1.29 is 14.1 Å². The lowest BCUT2D eigenvalue weighted by molar-refractivity contribution is -0.144. The van der Waals surface area contributed by atoms with E-state index in [1.54, 1.807) is 6.92 Å². The fourth-order valence-corrected chi connectivity index (χ4v) is 3.32. The maximum Gasteiger partial charge on any atom is 0.327 e. The van der Waals surface area contributed by atoms with Gasteiger partial charge in [0.25, 0.3) is 5.89 Å². The Labute approximate surface area is 180 Å². The van der Waals surface area contributed by atoms with Gasteiger partial charge >= 0.3 is 5.97 Å². The van der Waals surface area contributed by atoms with Crippen LogP contribution in [-0.2, 0) is 16.1 Å². The van der Waals surface area contributed by atoms with Crippen molar-refractivity contribution in [2.24, 2.45) is 0 Å². The van der Waals surface area contributed by atoms with Gasteiger partial charge in [0.1, 0.15) is 18.8 Å². The Balaban J connectivity index is 1.76. The van der Waals surface area contributed by atoms with Gasteiger partial charge < -0.3 is 14.2 Å². The van der Waals surface area contributed by atoms with E-state index in [4.69, 9.17) is 20.9 Å². The summed E-state index contributed by atoms with van der Waals surface area (Å²) in [4.78, 5) is 19.0. The lowest BCUT2D eigenvalue weighted by atomic mass is 10.1. The van der Waals surface area contributed by atoms with E-state index in [1.165, 1.54) is 4.68 Å². The number of hydrogen-bond acceptors (Lipinski definition) is 7. The van der Waals surface area contributed by atoms with Crippen molar-refractivity contribution in [2.75, 3.05) is 26.2 Å². The fourth-order valence-electron chi connectivity index (χ4n) is 3.10. The van der Waals surface area contributed by atoms with Crippen LogP contribution in [0.25, 0.3) is 23.0 Å². The molecular formula is C21H26ClN5O3. The highest BCUT2D eigenvalue weighted by Crippen LogP contribution is 2.30. The Morgan fingerprint density at radius 3 is 2.73 bits per heavy atom. The van der Waals surface area contributed by atoms with Gasteiger partial charge in [-0.05, 0) is 39.1 Å². The first-order chi connectivity index (χ1) is 14.4. The molecule has 0 unspecified atom stereocenters. The molecule has 0 atom stereocenters. The largest absolute Gasteiger partial charge is 0.463 e. The molecule has 0 aliphatic carbocycles. The van der Waals surface area contributed by atoms with Crippen LogP contribution in [0.2, 0.25) is 5.02 Å². The van der Waals surface area contributed by atoms with Gasteiger partial charge in [-0.1, -0.05) is 48.3 Å². The van der Waals surface area contributed by atoms with Gasteiger partial charge in [-0.2, -0.15) is 10.1 Å². The van der Waals surface area contributed by atoms with Crippen molar-refractivity contribution >= 4 is 17.6 Å². The fraction of sp³-hybridized carbons (Fsp3) is 0.429. The van der Waals surface area contributed by atoms with E-state index in [0.717, 1.165) is 24.2 Å². The third kappa shape index (κ3) is 5.06. The zero-order valence-corrected chi connectivity index (χ0v) is 18.4. The predicted octanol–water partition coefficient (Wildman–Crippen LogP) is 3.76. The van der Waals surface area contributed by atoms with Crippen LogP contribution in [-0.4, -0.2) is 57.0 Å². The topological polar surface area (TPSA) is 86.3 Å². The molecule has 3 rings (SSSR count). The lowest BCUT2D eigenvalue weighted by Gasteiger charge is -2.17. The second-order valence-corrected chi connectivity index (χ2v) is 7.32. The molecule has 0 aliphatic heterocycles. The SMILES string of the molecule is CCN(CC)CCOC(=O)Cn1nc(C)c(Cl)c1-c1noc(-c2cccc(C)c2)n1. The summed E-state index contributed by atoms with van der Waals surface area (Å²) < 4.78 is 12.2. The quantitative estimate of drug-likeness (QED) is 0.477. The molecule has 3 aromatic rings. The molecule has 0 radical (unpaired) electrons. The molecule has 8 nitrogen and oxygen atoms in total. The molecule has 0 spiro atoms. The van der Waals surface area contributed by atoms with Gasteiger partial charge in [-0.15, -0.1) is 0 Å². The summed E-state index contributed by atoms with van der Waals surface area (Å²) >= 11 is 6.43. The van der Waals surface area contributed by atoms with Crippen LogP contribution in [0.4, 0.5) is 0 Å². The Morgan fingerprint density at radius 2 is 2.03 bits per heavy atom. The lowest BCUT2D eigenvalue weighted by Crippen LogP contribution is -2.28. The standard InChI is InChI=1S/C21H26ClN5O3/c1-5-26(6-2)10-11-29-17(28)13-27-19(18(22)15(4)24-27)20-23-21(30-25-20)16-9-7-8-14(3)12-16/h7-9,12H,5-6,10-11,13H2,1-4H3. The molecule has 1 aromatic carbocycles. The van der Waals surface area contributed by atoms with Crippen molar-refractivity contribution in [1.82, 2.24) is 24.8 Å². The second-order valence-electron chi connectivity index (χ2n) is 6.95. The molecule has 0 bridgehead atoms. The molecule has 9 heteroatoms. The third-order valence-electron chi connectivity index (χ3n) is 4.80. The molecule has 0 saturated carbocycles. The van der Waals surface area contributed by atoms with E-state index in [-0.39, 0.29) is 12.4 Å². The van der Waals surface area contributed by atoms with Crippen LogP contribution in [0.3, 0.4) is 0 Å². The maximum absolute atomic E-state index is 12.3. The minimum absolute atomic E-state index is 0.0878. The van der Waals surface area contributed by atoms with Crippen molar-refractivity contribution in [3.63, 3.8) is 0 Å². The summed E-state index contributed by atoms with van der Waals surface area (Å²) in [6.07, 6.45) is 0. The normalized spacial score (nSPS) is 11.3. The van der Waals surface area contributed by atoms with Crippen LogP contribution >= 0.6 is 11.6 Å². The number of ether oxygens (including phenoxy) is 1. The Morgan fingerprint density at radius 1 is 1.27 bits per heavy atom. The first-order valence-electron chi connectivity index (χ1n) is 9.94. The van der Waals surface area contributed by atoms with E-state index < -0.39 is 5.97 Å². The minimum Gasteiger partial charge on any atom is -0.463 e. The number of carbonyl (C=O) groups excluding carboxylic acids is 1. The number of hydrogen-bond donors (Lipinski definition) is 0. The van der Waals surface area contributed by atoms with Gasteiger partial charge in [0, 0.05) is 12.1 Å². The molecule has 0 aliphatic rings. The van der Waals surface area contributed by atoms with Gasteiger partial charge in [-0.25, -0.2) is 4.68 Å². The van der Waals surface area contributed by atoms with Crippen LogP contribution < -0.4 is 0 Å². The van der Waals surface area contributed by atoms with Crippen molar-refractivity contribution in [1.29, 1.82) is 0 Å². The number of nitrogens with zero attached hydrogens (tertiary/aromatic N) is 5. The highest BCUT2D eigenvalue weighted by Gasteiger charge is 2.23. The van der Waals surface area contributed by atoms with Crippen molar-refractivity contribution in [3.8, 4) is 23.0 Å². The van der Waals surface area contributed by atoms with Gasteiger partial charge in [0.05, 0.1) is 10.7 Å². The molecule has 2 aromatic heterocycles. The Bertz CT molecular complexity index is 1010. The van der Waals surface area contributed by atoms with E-state index in [2.05, 4.69) is 34.0 Å². The summed E-state index contributed by atoms with van der Waals surface area (Å²) in [5.41, 5.74) is 2.89. The van der Waals surface area contributed by atoms with Crippen LogP contribution in [0.5, 0.6) is 0 Å². The molecule has 160 valence electrons. The number of benzene rings is 1. The zero-order valence-electron chi connectivity index (χ0n) is 17.7. The molecule has 2 heterocycles. The third-order valence-corrected chi connectivity index (χ3v) is 5.25. The van der Waals surface area contributed by atoms with E-state index in [9.17, 15) is 4.79 Å². The Kier molecular flexibility index (Phi) is 7.23. The average Bonchev–Trinajstić information content (AvgIpc) is 3.30. The number of aromatic nitrogens is 4. The summed E-state index contributed by atoms with van der Waals surface area (Å²) in [6, 6.07) is 7.75. The predicted molar refractivity (Wildman–Crippen MR) is 114 cm³/mol. The van der Waals surface area contributed by atoms with E-state index in [0.29, 0.717) is 35.5 Å². The number of likely N-dealkylation sites (N-methyl/N-ethyl adjacent to an activating group) is 1. The summed E-state index contributed by atoms with van der Waals surface area (Å²) in [5, 5.41) is 8.78. The highest BCUT2D eigenvalue weighted by molar-refractivity contribution is 6.33. The summed E-state index contributed by atoms with van der Waals surface area (Å²) in [5.74, 6) is 0.245. The Hall–Kier alpha value is -2.71. The van der Waals surface area contributed by atoms with Crippen LogP contribution in [0.1, 0.15) is 25.1 Å². The number of aryl methyl sites for hydroxylation is 2. The molecule has 30 heavy (non-hydrogen) atoms. The van der Waals surface area contributed by atoms with Gasteiger partial charge in [0.2, 0.25) is 5.82 Å². The second kappa shape index (κ2) is 9.86. The molecular weight excluding hydrogens is 406 g/mol. The first-order valence-corrected chi connectivity index (χ1v) is 10.3. The van der Waals surface area contributed by atoms with Crippen molar-refractivity contribution in [3.05, 3.63) is 40.5 Å². The highest BCUT2D eigenvalue weighted by atomic mass is 35.5. The van der Waals surface area contributed by atoms with Crippen LogP contribution in [0, 0.1) is 13.8 Å². The average molecular weight is 432 g/mol. The number of esters is 1. The number of halogens is 1. The molecule has 0 fully saturated rings. The van der Waals surface area contributed by atoms with E-state index in [1.807, 2.05) is 31.2 Å². The maximum atomic E-state index is 12.3. The molecule has 0 amide bonds. The monoisotopic (exact) mass is 431 g/mol. The van der Waals surface area contributed by atoms with E-state index >= 15 is 0 Å². The zero-order chi connectivity index (χ0) is 21.7. The smallest absolute Gasteiger partial charge is 0.327 e. The molecule has 0 N–H and O–H groups in total. The summed E-state index contributed by atoms with van der Waals surface area (Å²) in [7, 11) is 0. The number of rotatable bonds is 9. The van der Waals surface area contributed by atoms with Gasteiger partial charge in [0.15, 0.2) is 0 Å². The summed E-state index contributed by atoms with van der Waals surface area (Å²) in [6.45, 7) is 10.6.